The molecule has 3 N–H and O–H groups in total. The van der Waals surface area contributed by atoms with Crippen molar-refractivity contribution in [2.24, 2.45) is 0 Å². The number of carbonyl (C=O) groups is 2. The summed E-state index contributed by atoms with van der Waals surface area (Å²) in [7, 11) is 1.51. The standard InChI is InChI=1S/C31H31F2IN2O5/c1-18-10-25-24(6-8-29(40-2)31(25)41-18)27(37)7-9-30(39)36-26(14-20-11-21(32)15-22(33)12-20)28(38)17-35-16-19-4-3-5-23(34)13-19/h3-6,8,10-13,15,26,28,35,38H,7,9,14,16-17H2,1-2H3,(H,36,39). The molecule has 4 aromatic rings. The number of aliphatic hydroxyl groups is 1. The summed E-state index contributed by atoms with van der Waals surface area (Å²) in [4.78, 5) is 26.0. The van der Waals surface area contributed by atoms with E-state index in [-0.39, 0.29) is 37.2 Å². The highest BCUT2D eigenvalue weighted by Gasteiger charge is 2.24. The Hall–Kier alpha value is -3.35. The van der Waals surface area contributed by atoms with Gasteiger partial charge in [0.05, 0.1) is 19.3 Å². The second kappa shape index (κ2) is 14.0. The summed E-state index contributed by atoms with van der Waals surface area (Å²) < 4.78 is 39.8. The lowest BCUT2D eigenvalue weighted by Crippen LogP contribution is -2.48. The van der Waals surface area contributed by atoms with E-state index >= 15 is 0 Å². The molecule has 2 atom stereocenters. The maximum atomic E-state index is 13.8. The van der Waals surface area contributed by atoms with E-state index in [9.17, 15) is 23.5 Å². The number of furan rings is 1. The van der Waals surface area contributed by atoms with Gasteiger partial charge in [0.15, 0.2) is 17.1 Å². The van der Waals surface area contributed by atoms with Crippen LogP contribution in [0.15, 0.2) is 65.1 Å². The summed E-state index contributed by atoms with van der Waals surface area (Å²) in [5.74, 6) is -1.09. The summed E-state index contributed by atoms with van der Waals surface area (Å²) in [6.07, 6.45) is -1.30. The molecule has 4 rings (SSSR count). The summed E-state index contributed by atoms with van der Waals surface area (Å²) in [5.41, 5.74) is 2.19. The summed E-state index contributed by atoms with van der Waals surface area (Å²) >= 11 is 2.22. The zero-order valence-electron chi connectivity index (χ0n) is 22.7. The number of nitrogens with one attached hydrogen (secondary N) is 2. The van der Waals surface area contributed by atoms with Gasteiger partial charge in [-0.2, -0.15) is 0 Å². The van der Waals surface area contributed by atoms with Gasteiger partial charge in [-0.25, -0.2) is 8.78 Å². The number of carbonyl (C=O) groups excluding carboxylic acids is 2. The van der Waals surface area contributed by atoms with Crippen molar-refractivity contribution in [3.63, 3.8) is 0 Å². The molecule has 1 heterocycles. The van der Waals surface area contributed by atoms with E-state index in [4.69, 9.17) is 9.15 Å². The predicted octanol–water partition coefficient (Wildman–Crippen LogP) is 5.47. The molecule has 1 amide bonds. The van der Waals surface area contributed by atoms with Crippen LogP contribution in [0.3, 0.4) is 0 Å². The minimum absolute atomic E-state index is 0.00610. The van der Waals surface area contributed by atoms with E-state index in [0.717, 1.165) is 15.2 Å². The molecule has 3 aromatic carbocycles. The number of hydrogen-bond acceptors (Lipinski definition) is 6. The second-order valence-electron chi connectivity index (χ2n) is 9.82. The molecule has 10 heteroatoms. The van der Waals surface area contributed by atoms with E-state index in [1.807, 2.05) is 24.3 Å². The lowest BCUT2D eigenvalue weighted by atomic mass is 9.99. The first kappa shape index (κ1) is 30.6. The Balaban J connectivity index is 1.42. The van der Waals surface area contributed by atoms with Crippen molar-refractivity contribution >= 4 is 45.3 Å². The molecule has 0 radical (unpaired) electrons. The summed E-state index contributed by atoms with van der Waals surface area (Å²) in [6, 6.07) is 15.1. The fraction of sp³-hybridized carbons (Fsp3) is 0.290. The lowest BCUT2D eigenvalue weighted by molar-refractivity contribution is -0.122. The minimum atomic E-state index is -1.07. The van der Waals surface area contributed by atoms with Crippen LogP contribution in [-0.2, 0) is 17.8 Å². The second-order valence-corrected chi connectivity index (χ2v) is 11.1. The third-order valence-electron chi connectivity index (χ3n) is 6.63. The van der Waals surface area contributed by atoms with Gasteiger partial charge < -0.3 is 24.9 Å². The number of methoxy groups -OCH3 is 1. The van der Waals surface area contributed by atoms with Crippen molar-refractivity contribution in [1.82, 2.24) is 10.6 Å². The minimum Gasteiger partial charge on any atom is -0.493 e. The Kier molecular flexibility index (Phi) is 10.5. The zero-order valence-corrected chi connectivity index (χ0v) is 24.8. The molecule has 0 aliphatic carbocycles. The number of aryl methyl sites for hydroxylation is 1. The van der Waals surface area contributed by atoms with Crippen molar-refractivity contribution in [2.45, 2.75) is 44.9 Å². The fourth-order valence-electron chi connectivity index (χ4n) is 4.69. The largest absolute Gasteiger partial charge is 0.493 e. The number of ketones is 1. The van der Waals surface area contributed by atoms with Crippen LogP contribution in [0.1, 0.15) is 40.1 Å². The first-order chi connectivity index (χ1) is 19.6. The van der Waals surface area contributed by atoms with E-state index in [0.29, 0.717) is 34.6 Å². The number of ether oxygens (including phenoxy) is 1. The normalized spacial score (nSPS) is 12.7. The topological polar surface area (TPSA) is 101 Å². The van der Waals surface area contributed by atoms with Gasteiger partial charge in [0.2, 0.25) is 5.91 Å². The van der Waals surface area contributed by atoms with Gasteiger partial charge in [0.1, 0.15) is 17.4 Å². The molecule has 0 aliphatic heterocycles. The van der Waals surface area contributed by atoms with Gasteiger partial charge in [0, 0.05) is 46.5 Å². The van der Waals surface area contributed by atoms with Crippen LogP contribution in [0.25, 0.3) is 11.0 Å². The molecular weight excluding hydrogens is 645 g/mol. The molecule has 0 fully saturated rings. The van der Waals surface area contributed by atoms with E-state index in [2.05, 4.69) is 33.2 Å². The third kappa shape index (κ3) is 8.34. The Bertz CT molecular complexity index is 1520. The van der Waals surface area contributed by atoms with Crippen molar-refractivity contribution in [1.29, 1.82) is 0 Å². The smallest absolute Gasteiger partial charge is 0.220 e. The van der Waals surface area contributed by atoms with Gasteiger partial charge in [-0.05, 0) is 89.5 Å². The molecule has 1 aromatic heterocycles. The van der Waals surface area contributed by atoms with Crippen molar-refractivity contribution in [3.05, 3.63) is 98.3 Å². The van der Waals surface area contributed by atoms with Crippen molar-refractivity contribution in [3.8, 4) is 5.75 Å². The molecule has 0 aliphatic rings. The van der Waals surface area contributed by atoms with Gasteiger partial charge >= 0.3 is 0 Å². The highest BCUT2D eigenvalue weighted by molar-refractivity contribution is 14.1. The molecule has 2 unspecified atom stereocenters. The van der Waals surface area contributed by atoms with Crippen LogP contribution in [-0.4, -0.2) is 42.6 Å². The van der Waals surface area contributed by atoms with Crippen molar-refractivity contribution in [2.75, 3.05) is 13.7 Å². The Labute approximate surface area is 250 Å². The highest BCUT2D eigenvalue weighted by atomic mass is 127. The lowest BCUT2D eigenvalue weighted by Gasteiger charge is -2.25. The Morgan fingerprint density at radius 1 is 1.02 bits per heavy atom. The summed E-state index contributed by atoms with van der Waals surface area (Å²) in [5, 5.41) is 17.5. The molecular formula is C31H31F2IN2O5. The average Bonchev–Trinajstić information content (AvgIpc) is 3.31. The predicted molar refractivity (Wildman–Crippen MR) is 160 cm³/mol. The number of aliphatic hydroxyl groups excluding tert-OH is 1. The molecule has 41 heavy (non-hydrogen) atoms. The Morgan fingerprint density at radius 3 is 2.49 bits per heavy atom. The zero-order chi connectivity index (χ0) is 29.5. The number of fused-ring (bicyclic) bond motifs is 1. The molecule has 7 nitrogen and oxygen atoms in total. The van der Waals surface area contributed by atoms with Gasteiger partial charge in [0.25, 0.3) is 0 Å². The number of amides is 1. The van der Waals surface area contributed by atoms with E-state index < -0.39 is 29.7 Å². The van der Waals surface area contributed by atoms with Gasteiger partial charge in [-0.15, -0.1) is 0 Å². The maximum absolute atomic E-state index is 13.8. The number of hydrogen-bond donors (Lipinski definition) is 3. The van der Waals surface area contributed by atoms with Crippen molar-refractivity contribution < 1.29 is 32.6 Å². The van der Waals surface area contributed by atoms with E-state index in [1.165, 1.54) is 19.2 Å². The van der Waals surface area contributed by atoms with Crippen LogP contribution in [0, 0.1) is 22.1 Å². The molecule has 0 bridgehead atoms. The third-order valence-corrected chi connectivity index (χ3v) is 7.30. The number of halogens is 3. The Morgan fingerprint density at radius 2 is 1.78 bits per heavy atom. The number of benzene rings is 3. The molecule has 0 spiro atoms. The SMILES string of the molecule is COc1ccc(C(=O)CCC(=O)NC(Cc2cc(F)cc(F)c2)C(O)CNCc2cccc(I)c2)c2cc(C)oc12. The highest BCUT2D eigenvalue weighted by Crippen LogP contribution is 2.32. The van der Waals surface area contributed by atoms with E-state index in [1.54, 1.807) is 25.1 Å². The van der Waals surface area contributed by atoms with Gasteiger partial charge in [-0.1, -0.05) is 12.1 Å². The molecule has 0 saturated heterocycles. The summed E-state index contributed by atoms with van der Waals surface area (Å²) in [6.45, 7) is 2.38. The maximum Gasteiger partial charge on any atom is 0.220 e. The van der Waals surface area contributed by atoms with Crippen LogP contribution in [0.4, 0.5) is 8.78 Å². The first-order valence-corrected chi connectivity index (χ1v) is 14.2. The van der Waals surface area contributed by atoms with Crippen LogP contribution in [0.5, 0.6) is 5.75 Å². The number of rotatable bonds is 13. The van der Waals surface area contributed by atoms with Gasteiger partial charge in [-0.3, -0.25) is 9.59 Å². The van der Waals surface area contributed by atoms with Crippen LogP contribution in [0.2, 0.25) is 0 Å². The fourth-order valence-corrected chi connectivity index (χ4v) is 5.29. The number of Topliss-reactive ketones (excluding diaryl/α,β-unsaturated/α-hetero) is 1. The van der Waals surface area contributed by atoms with Crippen LogP contribution >= 0.6 is 22.6 Å². The quantitative estimate of drug-likeness (QED) is 0.128. The monoisotopic (exact) mass is 676 g/mol. The first-order valence-electron chi connectivity index (χ1n) is 13.1. The van der Waals surface area contributed by atoms with Crippen LogP contribution < -0.4 is 15.4 Å². The molecule has 0 saturated carbocycles. The average molecular weight is 676 g/mol. The molecule has 216 valence electrons.